The van der Waals surface area contributed by atoms with Gasteiger partial charge >= 0.3 is 0 Å². The number of aliphatic hydroxyl groups is 1. The lowest BCUT2D eigenvalue weighted by molar-refractivity contribution is -0.123. The van der Waals surface area contributed by atoms with E-state index in [2.05, 4.69) is 0 Å². The van der Waals surface area contributed by atoms with Crippen LogP contribution in [0.25, 0.3) is 0 Å². The molecule has 4 heteroatoms. The van der Waals surface area contributed by atoms with Gasteiger partial charge in [-0.1, -0.05) is 30.3 Å². The summed E-state index contributed by atoms with van der Waals surface area (Å²) in [6, 6.07) is 9.29. The van der Waals surface area contributed by atoms with E-state index in [4.69, 9.17) is 5.73 Å². The van der Waals surface area contributed by atoms with E-state index >= 15 is 0 Å². The zero-order valence-corrected chi connectivity index (χ0v) is 10.6. The van der Waals surface area contributed by atoms with Gasteiger partial charge in [0, 0.05) is 6.42 Å². The van der Waals surface area contributed by atoms with Crippen molar-refractivity contribution in [2.75, 3.05) is 14.1 Å². The maximum Gasteiger partial charge on any atom is 0.219 e. The molecule has 0 spiro atoms. The van der Waals surface area contributed by atoms with Gasteiger partial charge in [-0.25, -0.2) is 0 Å². The minimum atomic E-state index is -0.758. The van der Waals surface area contributed by atoms with Crippen molar-refractivity contribution in [3.8, 4) is 0 Å². The predicted octanol–water partition coefficient (Wildman–Crippen LogP) is 0.916. The summed E-state index contributed by atoms with van der Waals surface area (Å²) in [4.78, 5) is 13.0. The molecule has 1 amide bonds. The van der Waals surface area contributed by atoms with Crippen molar-refractivity contribution in [3.63, 3.8) is 0 Å². The Balaban J connectivity index is 3.03. The second-order valence-corrected chi connectivity index (χ2v) is 4.71. The molecule has 94 valence electrons. The Morgan fingerprint density at radius 3 is 2.35 bits per heavy atom. The highest BCUT2D eigenvalue weighted by Gasteiger charge is 2.37. The number of nitrogens with two attached hydrogens (primary N) is 1. The fourth-order valence-electron chi connectivity index (χ4n) is 1.85. The zero-order chi connectivity index (χ0) is 13.1. The van der Waals surface area contributed by atoms with Crippen molar-refractivity contribution in [1.29, 1.82) is 0 Å². The van der Waals surface area contributed by atoms with Crippen LogP contribution in [0.2, 0.25) is 0 Å². The van der Waals surface area contributed by atoms with E-state index in [0.29, 0.717) is 0 Å². The van der Waals surface area contributed by atoms with Gasteiger partial charge in [-0.2, -0.15) is 0 Å². The average molecular weight is 236 g/mol. The van der Waals surface area contributed by atoms with E-state index < -0.39 is 17.6 Å². The number of amides is 1. The summed E-state index contributed by atoms with van der Waals surface area (Å²) in [6.07, 6.45) is -0.651. The third-order valence-corrected chi connectivity index (χ3v) is 3.26. The highest BCUT2D eigenvalue weighted by molar-refractivity contribution is 5.75. The first kappa shape index (κ1) is 13.7. The predicted molar refractivity (Wildman–Crippen MR) is 67.3 cm³/mol. The van der Waals surface area contributed by atoms with Crippen molar-refractivity contribution in [1.82, 2.24) is 4.90 Å². The zero-order valence-electron chi connectivity index (χ0n) is 10.6. The van der Waals surface area contributed by atoms with E-state index in [-0.39, 0.29) is 6.42 Å². The molecular formula is C13H20N2O2. The third kappa shape index (κ3) is 3.05. The second-order valence-electron chi connectivity index (χ2n) is 4.71. The van der Waals surface area contributed by atoms with Gasteiger partial charge in [-0.15, -0.1) is 0 Å². The molecule has 1 rings (SSSR count). The van der Waals surface area contributed by atoms with Crippen molar-refractivity contribution in [2.24, 2.45) is 5.73 Å². The van der Waals surface area contributed by atoms with Gasteiger partial charge in [-0.05, 0) is 26.6 Å². The number of hydrogen-bond acceptors (Lipinski definition) is 3. The van der Waals surface area contributed by atoms with Crippen LogP contribution < -0.4 is 5.73 Å². The summed E-state index contributed by atoms with van der Waals surface area (Å²) in [5.74, 6) is -0.420. The highest BCUT2D eigenvalue weighted by atomic mass is 16.3. The number of likely N-dealkylation sites (N-methyl/N-ethyl adjacent to an activating group) is 1. The number of rotatable bonds is 5. The number of benzene rings is 1. The minimum Gasteiger partial charge on any atom is -0.386 e. The summed E-state index contributed by atoms with van der Waals surface area (Å²) in [6.45, 7) is 1.83. The van der Waals surface area contributed by atoms with Gasteiger partial charge in [0.2, 0.25) is 5.91 Å². The third-order valence-electron chi connectivity index (χ3n) is 3.26. The van der Waals surface area contributed by atoms with Crippen LogP contribution in [-0.4, -0.2) is 35.5 Å². The monoisotopic (exact) mass is 236 g/mol. The quantitative estimate of drug-likeness (QED) is 0.798. The molecule has 0 fully saturated rings. The molecule has 3 N–H and O–H groups in total. The Hall–Kier alpha value is -1.39. The molecule has 1 aromatic carbocycles. The number of carbonyl (C=O) groups excluding carboxylic acids is 1. The number of nitrogens with zero attached hydrogens (tertiary/aromatic N) is 1. The fraction of sp³-hybridized carbons (Fsp3) is 0.462. The summed E-state index contributed by atoms with van der Waals surface area (Å²) >= 11 is 0. The molecule has 0 saturated carbocycles. The summed E-state index contributed by atoms with van der Waals surface area (Å²) in [5, 5.41) is 10.4. The van der Waals surface area contributed by atoms with E-state index in [1.165, 1.54) is 0 Å². The molecule has 0 aliphatic carbocycles. The van der Waals surface area contributed by atoms with Crippen LogP contribution in [-0.2, 0) is 4.79 Å². The van der Waals surface area contributed by atoms with Gasteiger partial charge in [0.1, 0.15) is 0 Å². The first-order valence-electron chi connectivity index (χ1n) is 5.56. The van der Waals surface area contributed by atoms with E-state index in [9.17, 15) is 9.90 Å². The van der Waals surface area contributed by atoms with Crippen LogP contribution in [0.5, 0.6) is 0 Å². The van der Waals surface area contributed by atoms with Crippen LogP contribution >= 0.6 is 0 Å². The average Bonchev–Trinajstić information content (AvgIpc) is 2.28. The highest BCUT2D eigenvalue weighted by Crippen LogP contribution is 2.32. The molecule has 0 heterocycles. The minimum absolute atomic E-state index is 0.107. The van der Waals surface area contributed by atoms with Crippen molar-refractivity contribution >= 4 is 5.91 Å². The largest absolute Gasteiger partial charge is 0.386 e. The Kier molecular flexibility index (Phi) is 4.26. The molecule has 2 atom stereocenters. The molecule has 1 aromatic rings. The number of primary amides is 1. The maximum atomic E-state index is 11.1. The van der Waals surface area contributed by atoms with Crippen molar-refractivity contribution < 1.29 is 9.90 Å². The van der Waals surface area contributed by atoms with E-state index in [1.54, 1.807) is 0 Å². The number of carbonyl (C=O) groups is 1. The Labute approximate surface area is 102 Å². The van der Waals surface area contributed by atoms with Crippen LogP contribution in [0.4, 0.5) is 0 Å². The lowest BCUT2D eigenvalue weighted by Gasteiger charge is -2.40. The van der Waals surface area contributed by atoms with Gasteiger partial charge in [0.15, 0.2) is 0 Å². The van der Waals surface area contributed by atoms with Crippen LogP contribution in [0.15, 0.2) is 30.3 Å². The SMILES string of the molecule is CN(C)C(C)(CC(N)=O)C(O)c1ccccc1. The van der Waals surface area contributed by atoms with Crippen LogP contribution in [0, 0.1) is 0 Å². The molecule has 2 unspecified atom stereocenters. The van der Waals surface area contributed by atoms with E-state index in [0.717, 1.165) is 5.56 Å². The summed E-state index contributed by atoms with van der Waals surface area (Å²) in [5.41, 5.74) is 5.34. The van der Waals surface area contributed by atoms with Gasteiger partial charge in [0.05, 0.1) is 11.6 Å². The van der Waals surface area contributed by atoms with Gasteiger partial charge < -0.3 is 15.7 Å². The fourth-order valence-corrected chi connectivity index (χ4v) is 1.85. The Morgan fingerprint density at radius 2 is 1.94 bits per heavy atom. The van der Waals surface area contributed by atoms with Crippen molar-refractivity contribution in [2.45, 2.75) is 25.0 Å². The summed E-state index contributed by atoms with van der Waals surface area (Å²) in [7, 11) is 3.66. The Bertz CT molecular complexity index is 378. The van der Waals surface area contributed by atoms with Crippen LogP contribution in [0.1, 0.15) is 25.0 Å². The molecule has 0 aliphatic heterocycles. The standard InChI is InChI=1S/C13H20N2O2/c1-13(15(2)3,9-11(14)16)12(17)10-7-5-4-6-8-10/h4-8,12,17H,9H2,1-3H3,(H2,14,16). The first-order valence-corrected chi connectivity index (χ1v) is 5.56. The maximum absolute atomic E-state index is 11.1. The van der Waals surface area contributed by atoms with Crippen LogP contribution in [0.3, 0.4) is 0 Å². The molecule has 0 radical (unpaired) electrons. The molecular weight excluding hydrogens is 216 g/mol. The number of hydrogen-bond donors (Lipinski definition) is 2. The van der Waals surface area contributed by atoms with Gasteiger partial charge in [0.25, 0.3) is 0 Å². The second kappa shape index (κ2) is 5.29. The molecule has 0 bridgehead atoms. The number of aliphatic hydroxyl groups excluding tert-OH is 1. The molecule has 0 saturated heterocycles. The van der Waals surface area contributed by atoms with Crippen molar-refractivity contribution in [3.05, 3.63) is 35.9 Å². The normalized spacial score (nSPS) is 16.5. The first-order chi connectivity index (χ1) is 7.88. The molecule has 4 nitrogen and oxygen atoms in total. The molecule has 17 heavy (non-hydrogen) atoms. The van der Waals surface area contributed by atoms with E-state index in [1.807, 2.05) is 56.3 Å². The smallest absolute Gasteiger partial charge is 0.219 e. The molecule has 0 aliphatic rings. The molecule has 0 aromatic heterocycles. The lowest BCUT2D eigenvalue weighted by atomic mass is 9.85. The summed E-state index contributed by atoms with van der Waals surface area (Å²) < 4.78 is 0. The Morgan fingerprint density at radius 1 is 1.41 bits per heavy atom. The topological polar surface area (TPSA) is 66.6 Å². The lowest BCUT2D eigenvalue weighted by Crippen LogP contribution is -2.49. The van der Waals surface area contributed by atoms with Gasteiger partial charge in [-0.3, -0.25) is 4.79 Å².